The molecule has 3 aromatic rings. The van der Waals surface area contributed by atoms with Gasteiger partial charge in [0, 0.05) is 18.1 Å². The summed E-state index contributed by atoms with van der Waals surface area (Å²) in [5.41, 5.74) is 3.75. The Bertz CT molecular complexity index is 1130. The Balaban J connectivity index is 1.37. The van der Waals surface area contributed by atoms with Crippen molar-refractivity contribution in [3.8, 4) is 0 Å². The molecule has 1 saturated heterocycles. The highest BCUT2D eigenvalue weighted by Gasteiger charge is 2.35. The summed E-state index contributed by atoms with van der Waals surface area (Å²) in [6.07, 6.45) is 3.39. The molecule has 4 rings (SSSR count). The third-order valence-electron chi connectivity index (χ3n) is 5.19. The van der Waals surface area contributed by atoms with Crippen molar-refractivity contribution in [2.24, 2.45) is 0 Å². The lowest BCUT2D eigenvalue weighted by molar-refractivity contribution is -0.115. The molecule has 0 spiro atoms. The Morgan fingerprint density at radius 3 is 2.61 bits per heavy atom. The maximum absolute atomic E-state index is 13.3. The minimum Gasteiger partial charge on any atom is -0.460 e. The molecule has 1 unspecified atom stereocenters. The zero-order valence-electron chi connectivity index (χ0n) is 18.1. The van der Waals surface area contributed by atoms with Crippen LogP contribution in [0.5, 0.6) is 0 Å². The monoisotopic (exact) mass is 466 g/mol. The van der Waals surface area contributed by atoms with Crippen molar-refractivity contribution in [1.29, 1.82) is 0 Å². The van der Waals surface area contributed by atoms with E-state index in [1.807, 2.05) is 19.1 Å². The number of halogens is 1. The summed E-state index contributed by atoms with van der Waals surface area (Å²) in [5, 5.41) is -0.243. The van der Waals surface area contributed by atoms with Crippen LogP contribution in [0.15, 0.2) is 67.0 Å². The predicted octanol–water partition coefficient (Wildman–Crippen LogP) is 4.68. The first-order chi connectivity index (χ1) is 16.0. The van der Waals surface area contributed by atoms with E-state index in [1.54, 1.807) is 47.6 Å². The van der Waals surface area contributed by atoms with Crippen molar-refractivity contribution in [2.75, 3.05) is 23.9 Å². The van der Waals surface area contributed by atoms with Crippen molar-refractivity contribution < 1.29 is 23.5 Å². The molecular weight excluding hydrogens is 443 g/mol. The van der Waals surface area contributed by atoms with Crippen LogP contribution in [0.4, 0.5) is 10.1 Å². The number of pyridine rings is 1. The Hall–Kier alpha value is -3.23. The van der Waals surface area contributed by atoms with E-state index in [0.717, 1.165) is 22.4 Å². The Kier molecular flexibility index (Phi) is 7.36. The standard InChI is InChI=1S/C25H23FN2O4S/c1-17-14-20(25(30)32-13-12-31-15-18-8-10-27-11-9-18)4-7-22(17)28-23(29)16-33-24(28)19-2-5-21(26)6-3-19/h2-11,14,24H,12-13,15-16H2,1H3. The van der Waals surface area contributed by atoms with Gasteiger partial charge in [-0.25, -0.2) is 9.18 Å². The van der Waals surface area contributed by atoms with E-state index in [9.17, 15) is 14.0 Å². The van der Waals surface area contributed by atoms with E-state index >= 15 is 0 Å². The number of hydrogen-bond acceptors (Lipinski definition) is 6. The molecule has 0 aliphatic carbocycles. The number of nitrogens with zero attached hydrogens (tertiary/aromatic N) is 2. The first-order valence-electron chi connectivity index (χ1n) is 10.5. The average molecular weight is 467 g/mol. The van der Waals surface area contributed by atoms with Crippen LogP contribution >= 0.6 is 11.8 Å². The highest BCUT2D eigenvalue weighted by molar-refractivity contribution is 8.00. The summed E-state index contributed by atoms with van der Waals surface area (Å²) in [6.45, 7) is 2.69. The van der Waals surface area contributed by atoms with Crippen LogP contribution in [0.3, 0.4) is 0 Å². The van der Waals surface area contributed by atoms with Crippen LogP contribution in [-0.4, -0.2) is 35.8 Å². The number of rotatable bonds is 8. The van der Waals surface area contributed by atoms with Crippen molar-refractivity contribution in [1.82, 2.24) is 4.98 Å². The van der Waals surface area contributed by atoms with Crippen LogP contribution in [0.1, 0.15) is 32.4 Å². The molecule has 1 aliphatic heterocycles. The van der Waals surface area contributed by atoms with Gasteiger partial charge in [0.15, 0.2) is 0 Å². The Morgan fingerprint density at radius 2 is 1.88 bits per heavy atom. The Labute approximate surface area is 195 Å². The molecule has 0 N–H and O–H groups in total. The lowest BCUT2D eigenvalue weighted by Gasteiger charge is -2.26. The van der Waals surface area contributed by atoms with Crippen LogP contribution in [0, 0.1) is 12.7 Å². The molecule has 1 amide bonds. The fourth-order valence-electron chi connectivity index (χ4n) is 3.56. The quantitative estimate of drug-likeness (QED) is 0.355. The topological polar surface area (TPSA) is 68.7 Å². The SMILES string of the molecule is Cc1cc(C(=O)OCCOCc2ccncc2)ccc1N1C(=O)CSC1c1ccc(F)cc1. The summed E-state index contributed by atoms with van der Waals surface area (Å²) < 4.78 is 24.1. The van der Waals surface area contributed by atoms with Crippen molar-refractivity contribution in [2.45, 2.75) is 18.9 Å². The number of aromatic nitrogens is 1. The van der Waals surface area contributed by atoms with Gasteiger partial charge in [-0.1, -0.05) is 12.1 Å². The molecule has 1 aromatic heterocycles. The van der Waals surface area contributed by atoms with E-state index in [4.69, 9.17) is 9.47 Å². The van der Waals surface area contributed by atoms with E-state index in [0.29, 0.717) is 17.9 Å². The van der Waals surface area contributed by atoms with Gasteiger partial charge in [0.2, 0.25) is 5.91 Å². The first kappa shape index (κ1) is 22.9. The van der Waals surface area contributed by atoms with Gasteiger partial charge in [0.1, 0.15) is 17.8 Å². The van der Waals surface area contributed by atoms with Crippen molar-refractivity contribution >= 4 is 29.3 Å². The lowest BCUT2D eigenvalue weighted by atomic mass is 10.1. The molecule has 8 heteroatoms. The minimum absolute atomic E-state index is 0.0286. The normalized spacial score (nSPS) is 15.6. The van der Waals surface area contributed by atoms with Gasteiger partial charge in [-0.15, -0.1) is 11.8 Å². The van der Waals surface area contributed by atoms with Gasteiger partial charge in [0.05, 0.1) is 24.5 Å². The predicted molar refractivity (Wildman–Crippen MR) is 124 cm³/mol. The number of carbonyl (C=O) groups is 2. The number of esters is 1. The molecule has 0 radical (unpaired) electrons. The number of carbonyl (C=O) groups excluding carboxylic acids is 2. The van der Waals surface area contributed by atoms with Crippen LogP contribution in [0.2, 0.25) is 0 Å². The molecular formula is C25H23FN2O4S. The molecule has 2 aromatic carbocycles. The summed E-state index contributed by atoms with van der Waals surface area (Å²) in [7, 11) is 0. The molecule has 170 valence electrons. The highest BCUT2D eigenvalue weighted by Crippen LogP contribution is 2.42. The second kappa shape index (κ2) is 10.6. The smallest absolute Gasteiger partial charge is 0.338 e. The third-order valence-corrected chi connectivity index (χ3v) is 6.41. The zero-order chi connectivity index (χ0) is 23.2. The highest BCUT2D eigenvalue weighted by atomic mass is 32.2. The molecule has 0 saturated carbocycles. The van der Waals surface area contributed by atoms with Crippen molar-refractivity contribution in [3.63, 3.8) is 0 Å². The second-order valence-electron chi connectivity index (χ2n) is 7.52. The summed E-state index contributed by atoms with van der Waals surface area (Å²) >= 11 is 1.49. The van der Waals surface area contributed by atoms with E-state index in [1.165, 1.54) is 23.9 Å². The van der Waals surface area contributed by atoms with Gasteiger partial charge in [-0.05, 0) is 66.1 Å². The number of ether oxygens (including phenoxy) is 2. The third kappa shape index (κ3) is 5.58. The molecule has 0 bridgehead atoms. The molecule has 1 aliphatic rings. The molecule has 1 fully saturated rings. The average Bonchev–Trinajstić information content (AvgIpc) is 3.21. The molecule has 1 atom stereocenters. The lowest BCUT2D eigenvalue weighted by Crippen LogP contribution is -2.28. The summed E-state index contributed by atoms with van der Waals surface area (Å²) in [5.74, 6) is -0.458. The van der Waals surface area contributed by atoms with E-state index < -0.39 is 5.97 Å². The maximum atomic E-state index is 13.3. The number of aryl methyl sites for hydroxylation is 1. The minimum atomic E-state index is -0.450. The number of benzene rings is 2. The Morgan fingerprint density at radius 1 is 1.12 bits per heavy atom. The number of anilines is 1. The fourth-order valence-corrected chi connectivity index (χ4v) is 4.73. The van der Waals surface area contributed by atoms with E-state index in [-0.39, 0.29) is 30.3 Å². The maximum Gasteiger partial charge on any atom is 0.338 e. The van der Waals surface area contributed by atoms with Crippen LogP contribution < -0.4 is 4.90 Å². The molecule has 6 nitrogen and oxygen atoms in total. The number of hydrogen-bond donors (Lipinski definition) is 0. The second-order valence-corrected chi connectivity index (χ2v) is 8.59. The van der Waals surface area contributed by atoms with Gasteiger partial charge >= 0.3 is 5.97 Å². The number of thioether (sulfide) groups is 1. The van der Waals surface area contributed by atoms with Gasteiger partial charge in [-0.2, -0.15) is 0 Å². The number of amides is 1. The molecule has 33 heavy (non-hydrogen) atoms. The van der Waals surface area contributed by atoms with Crippen molar-refractivity contribution in [3.05, 3.63) is 95.1 Å². The largest absolute Gasteiger partial charge is 0.460 e. The van der Waals surface area contributed by atoms with Gasteiger partial charge < -0.3 is 9.47 Å². The fraction of sp³-hybridized carbons (Fsp3) is 0.240. The van der Waals surface area contributed by atoms with Crippen LogP contribution in [-0.2, 0) is 20.9 Å². The molecule has 2 heterocycles. The van der Waals surface area contributed by atoms with E-state index in [2.05, 4.69) is 4.98 Å². The first-order valence-corrected chi connectivity index (χ1v) is 11.5. The van der Waals surface area contributed by atoms with Gasteiger partial charge in [0.25, 0.3) is 0 Å². The van der Waals surface area contributed by atoms with Gasteiger partial charge in [-0.3, -0.25) is 14.7 Å². The van der Waals surface area contributed by atoms with Crippen LogP contribution in [0.25, 0.3) is 0 Å². The summed E-state index contributed by atoms with van der Waals surface area (Å²) in [4.78, 5) is 30.7. The zero-order valence-corrected chi connectivity index (χ0v) is 18.9. The summed E-state index contributed by atoms with van der Waals surface area (Å²) in [6, 6.07) is 15.0.